The standard InChI is InChI=1S/C26H16ClFN2O3/c27-19-14-16(11-12-20(19)28)30-23(21-10-3-4-13-29-21)22(25(32)26(30)33)24(31)18-9-5-7-15-6-1-2-8-17(15)18/h1-14,23,31H/b24-22-. The Morgan fingerprint density at radius 1 is 0.970 bits per heavy atom. The summed E-state index contributed by atoms with van der Waals surface area (Å²) >= 11 is 5.96. The van der Waals surface area contributed by atoms with E-state index in [1.807, 2.05) is 30.3 Å². The van der Waals surface area contributed by atoms with Gasteiger partial charge in [-0.1, -0.05) is 60.1 Å². The van der Waals surface area contributed by atoms with Crippen LogP contribution in [0.1, 0.15) is 17.3 Å². The molecule has 0 bridgehead atoms. The van der Waals surface area contributed by atoms with Crippen molar-refractivity contribution in [2.75, 3.05) is 4.90 Å². The Hall–Kier alpha value is -4.03. The van der Waals surface area contributed by atoms with Gasteiger partial charge in [-0.3, -0.25) is 19.5 Å². The number of pyridine rings is 1. The predicted octanol–water partition coefficient (Wildman–Crippen LogP) is 5.65. The van der Waals surface area contributed by atoms with E-state index in [0.717, 1.165) is 16.8 Å². The number of halogens is 2. The summed E-state index contributed by atoms with van der Waals surface area (Å²) in [6.07, 6.45) is 1.53. The zero-order valence-corrected chi connectivity index (χ0v) is 17.8. The van der Waals surface area contributed by atoms with E-state index in [4.69, 9.17) is 11.6 Å². The first-order valence-corrected chi connectivity index (χ1v) is 10.5. The van der Waals surface area contributed by atoms with Crippen molar-refractivity contribution in [1.82, 2.24) is 4.98 Å². The quantitative estimate of drug-likeness (QED) is 0.244. The number of hydrogen-bond donors (Lipinski definition) is 1. The largest absolute Gasteiger partial charge is 0.507 e. The minimum atomic E-state index is -1.02. The first-order valence-electron chi connectivity index (χ1n) is 10.1. The van der Waals surface area contributed by atoms with Crippen LogP contribution in [0.25, 0.3) is 16.5 Å². The van der Waals surface area contributed by atoms with Gasteiger partial charge in [0.15, 0.2) is 0 Å². The van der Waals surface area contributed by atoms with E-state index in [2.05, 4.69) is 4.98 Å². The van der Waals surface area contributed by atoms with Gasteiger partial charge < -0.3 is 5.11 Å². The second-order valence-corrected chi connectivity index (χ2v) is 7.96. The number of anilines is 1. The first-order chi connectivity index (χ1) is 16.0. The number of amides is 1. The van der Waals surface area contributed by atoms with Crippen LogP contribution in [-0.2, 0) is 9.59 Å². The molecule has 0 spiro atoms. The summed E-state index contributed by atoms with van der Waals surface area (Å²) in [7, 11) is 0. The Balaban J connectivity index is 1.77. The monoisotopic (exact) mass is 458 g/mol. The fourth-order valence-electron chi connectivity index (χ4n) is 4.13. The summed E-state index contributed by atoms with van der Waals surface area (Å²) in [4.78, 5) is 31.9. The molecule has 1 atom stereocenters. The predicted molar refractivity (Wildman–Crippen MR) is 124 cm³/mol. The molecule has 1 fully saturated rings. The van der Waals surface area contributed by atoms with Crippen molar-refractivity contribution >= 4 is 45.5 Å². The molecule has 4 aromatic rings. The van der Waals surface area contributed by atoms with Crippen molar-refractivity contribution < 1.29 is 19.1 Å². The molecule has 33 heavy (non-hydrogen) atoms. The van der Waals surface area contributed by atoms with Gasteiger partial charge in [0.2, 0.25) is 0 Å². The summed E-state index contributed by atoms with van der Waals surface area (Å²) in [5, 5.41) is 12.8. The van der Waals surface area contributed by atoms with E-state index in [-0.39, 0.29) is 22.0 Å². The van der Waals surface area contributed by atoms with Crippen molar-refractivity contribution in [2.45, 2.75) is 6.04 Å². The minimum Gasteiger partial charge on any atom is -0.507 e. The average molecular weight is 459 g/mol. The SMILES string of the molecule is O=C1C(=O)N(c2ccc(F)c(Cl)c2)C(c2ccccn2)/C1=C(/O)c1cccc2ccccc12. The van der Waals surface area contributed by atoms with Crippen molar-refractivity contribution in [2.24, 2.45) is 0 Å². The molecule has 1 N–H and O–H groups in total. The van der Waals surface area contributed by atoms with Gasteiger partial charge in [-0.05, 0) is 41.1 Å². The lowest BCUT2D eigenvalue weighted by Gasteiger charge is -2.25. The lowest BCUT2D eigenvalue weighted by molar-refractivity contribution is -0.132. The van der Waals surface area contributed by atoms with Crippen molar-refractivity contribution in [3.8, 4) is 0 Å². The lowest BCUT2D eigenvalue weighted by atomic mass is 9.95. The maximum absolute atomic E-state index is 13.8. The van der Waals surface area contributed by atoms with Crippen LogP contribution in [0.3, 0.4) is 0 Å². The van der Waals surface area contributed by atoms with Gasteiger partial charge in [0.25, 0.3) is 11.7 Å². The van der Waals surface area contributed by atoms with Gasteiger partial charge in [0.1, 0.15) is 17.6 Å². The first kappa shape index (κ1) is 20.8. The van der Waals surface area contributed by atoms with Crippen LogP contribution in [0, 0.1) is 5.82 Å². The number of aromatic nitrogens is 1. The van der Waals surface area contributed by atoms with E-state index in [1.165, 1.54) is 23.2 Å². The zero-order chi connectivity index (χ0) is 23.1. The maximum Gasteiger partial charge on any atom is 0.300 e. The number of nitrogens with zero attached hydrogens (tertiary/aromatic N) is 2. The smallest absolute Gasteiger partial charge is 0.300 e. The molecule has 5 nitrogen and oxygen atoms in total. The third kappa shape index (κ3) is 3.45. The molecule has 7 heteroatoms. The molecule has 0 saturated carbocycles. The van der Waals surface area contributed by atoms with Crippen LogP contribution in [0.4, 0.5) is 10.1 Å². The van der Waals surface area contributed by atoms with E-state index in [9.17, 15) is 19.1 Å². The Labute approximate surface area is 193 Å². The number of benzene rings is 3. The van der Waals surface area contributed by atoms with Crippen molar-refractivity contribution in [3.63, 3.8) is 0 Å². The minimum absolute atomic E-state index is 0.101. The normalized spacial score (nSPS) is 17.6. The molecule has 1 saturated heterocycles. The highest BCUT2D eigenvalue weighted by molar-refractivity contribution is 6.52. The van der Waals surface area contributed by atoms with Gasteiger partial charge in [-0.15, -0.1) is 0 Å². The number of aliphatic hydroxyl groups excluding tert-OH is 1. The summed E-state index contributed by atoms with van der Waals surface area (Å²) in [6, 6.07) is 20.6. The Morgan fingerprint density at radius 2 is 1.73 bits per heavy atom. The summed E-state index contributed by atoms with van der Waals surface area (Å²) in [5.74, 6) is -2.69. The molecule has 1 aromatic heterocycles. The van der Waals surface area contributed by atoms with Gasteiger partial charge in [-0.25, -0.2) is 4.39 Å². The summed E-state index contributed by atoms with van der Waals surface area (Å²) in [5.41, 5.74) is 0.912. The fraction of sp³-hybridized carbons (Fsp3) is 0.0385. The van der Waals surface area contributed by atoms with E-state index in [0.29, 0.717) is 11.3 Å². The topological polar surface area (TPSA) is 70.5 Å². The molecule has 2 heterocycles. The number of fused-ring (bicyclic) bond motifs is 1. The number of rotatable bonds is 3. The molecule has 3 aromatic carbocycles. The average Bonchev–Trinajstić information content (AvgIpc) is 3.11. The van der Waals surface area contributed by atoms with Crippen LogP contribution in [0.5, 0.6) is 0 Å². The third-order valence-corrected chi connectivity index (χ3v) is 5.93. The van der Waals surface area contributed by atoms with E-state index < -0.39 is 23.5 Å². The molecule has 1 amide bonds. The number of carbonyl (C=O) groups excluding carboxylic acids is 2. The van der Waals surface area contributed by atoms with Gasteiger partial charge in [-0.2, -0.15) is 0 Å². The van der Waals surface area contributed by atoms with Crippen LogP contribution in [0.15, 0.2) is 90.6 Å². The molecule has 0 aliphatic carbocycles. The number of carbonyl (C=O) groups is 2. The molecule has 162 valence electrons. The number of hydrogen-bond acceptors (Lipinski definition) is 4. The Bertz CT molecular complexity index is 1450. The maximum atomic E-state index is 13.8. The number of ketones is 1. The zero-order valence-electron chi connectivity index (χ0n) is 17.1. The fourth-order valence-corrected chi connectivity index (χ4v) is 4.30. The van der Waals surface area contributed by atoms with Crippen LogP contribution >= 0.6 is 11.6 Å². The number of aliphatic hydroxyl groups is 1. The van der Waals surface area contributed by atoms with Crippen LogP contribution < -0.4 is 4.90 Å². The van der Waals surface area contributed by atoms with Crippen LogP contribution in [-0.4, -0.2) is 21.8 Å². The van der Waals surface area contributed by atoms with Gasteiger partial charge >= 0.3 is 0 Å². The highest BCUT2D eigenvalue weighted by Crippen LogP contribution is 2.42. The Morgan fingerprint density at radius 3 is 2.48 bits per heavy atom. The van der Waals surface area contributed by atoms with Crippen molar-refractivity contribution in [3.05, 3.63) is 113 Å². The van der Waals surface area contributed by atoms with Gasteiger partial charge in [0.05, 0.1) is 16.3 Å². The highest BCUT2D eigenvalue weighted by atomic mass is 35.5. The van der Waals surface area contributed by atoms with E-state index >= 15 is 0 Å². The van der Waals surface area contributed by atoms with E-state index in [1.54, 1.807) is 30.3 Å². The molecular formula is C26H16ClFN2O3. The Kier molecular flexibility index (Phi) is 5.15. The van der Waals surface area contributed by atoms with Crippen molar-refractivity contribution in [1.29, 1.82) is 0 Å². The lowest BCUT2D eigenvalue weighted by Crippen LogP contribution is -2.29. The van der Waals surface area contributed by atoms with Crippen LogP contribution in [0.2, 0.25) is 5.02 Å². The molecule has 1 unspecified atom stereocenters. The molecule has 0 radical (unpaired) electrons. The molecule has 1 aliphatic rings. The van der Waals surface area contributed by atoms with Gasteiger partial charge in [0, 0.05) is 17.4 Å². The molecule has 1 aliphatic heterocycles. The molecular weight excluding hydrogens is 443 g/mol. The summed E-state index contributed by atoms with van der Waals surface area (Å²) < 4.78 is 13.8. The third-order valence-electron chi connectivity index (χ3n) is 5.64. The second kappa shape index (κ2) is 8.15. The molecule has 5 rings (SSSR count). The summed E-state index contributed by atoms with van der Waals surface area (Å²) in [6.45, 7) is 0. The highest BCUT2D eigenvalue weighted by Gasteiger charge is 2.47. The second-order valence-electron chi connectivity index (χ2n) is 7.55. The number of Topliss-reactive ketones (excluding diaryl/α,β-unsaturated/α-hetero) is 1.